The molecular formula is C19H18N2O3. The summed E-state index contributed by atoms with van der Waals surface area (Å²) in [4.78, 5) is 12.7. The van der Waals surface area contributed by atoms with Gasteiger partial charge in [0, 0.05) is 5.92 Å². The van der Waals surface area contributed by atoms with Gasteiger partial charge in [-0.2, -0.15) is 5.26 Å². The van der Waals surface area contributed by atoms with Gasteiger partial charge in [0.1, 0.15) is 11.7 Å². The smallest absolute Gasteiger partial charge is 0.343 e. The molecule has 1 saturated carbocycles. The van der Waals surface area contributed by atoms with Crippen molar-refractivity contribution >= 4 is 11.0 Å². The zero-order valence-electron chi connectivity index (χ0n) is 13.2. The van der Waals surface area contributed by atoms with Crippen LogP contribution in [-0.4, -0.2) is 0 Å². The normalized spacial score (nSPS) is 21.2. The number of hydrogen-bond donors (Lipinski definition) is 1. The lowest BCUT2D eigenvalue weighted by molar-refractivity contribution is 0.294. The highest BCUT2D eigenvalue weighted by molar-refractivity contribution is 5.85. The maximum Gasteiger partial charge on any atom is 0.343 e. The second-order valence-electron chi connectivity index (χ2n) is 6.50. The van der Waals surface area contributed by atoms with E-state index in [1.165, 1.54) is 6.42 Å². The average molecular weight is 322 g/mol. The number of benzene rings is 1. The van der Waals surface area contributed by atoms with Gasteiger partial charge in [0.2, 0.25) is 5.88 Å². The van der Waals surface area contributed by atoms with Gasteiger partial charge >= 0.3 is 5.63 Å². The Hall–Kier alpha value is -2.74. The van der Waals surface area contributed by atoms with E-state index in [2.05, 4.69) is 6.07 Å². The summed E-state index contributed by atoms with van der Waals surface area (Å²) in [6.45, 7) is 0. The van der Waals surface area contributed by atoms with Crippen LogP contribution in [0.15, 0.2) is 44.9 Å². The Bertz CT molecular complexity index is 930. The summed E-state index contributed by atoms with van der Waals surface area (Å²) in [6, 6.07) is 9.41. The Labute approximate surface area is 139 Å². The first kappa shape index (κ1) is 14.8. The fourth-order valence-electron chi connectivity index (χ4n) is 4.04. The lowest BCUT2D eigenvalue weighted by Gasteiger charge is -2.33. The topological polar surface area (TPSA) is 89.3 Å². The first-order chi connectivity index (χ1) is 11.7. The molecule has 0 bridgehead atoms. The van der Waals surface area contributed by atoms with Gasteiger partial charge in [-0.15, -0.1) is 0 Å². The van der Waals surface area contributed by atoms with Crippen LogP contribution in [0.2, 0.25) is 0 Å². The fraction of sp³-hybridized carbons (Fsp3) is 0.368. The van der Waals surface area contributed by atoms with Crippen LogP contribution in [-0.2, 0) is 0 Å². The maximum atomic E-state index is 12.7. The van der Waals surface area contributed by atoms with Gasteiger partial charge in [-0.3, -0.25) is 0 Å². The molecule has 122 valence electrons. The molecule has 2 heterocycles. The van der Waals surface area contributed by atoms with Crippen molar-refractivity contribution in [3.8, 4) is 11.8 Å². The third-order valence-corrected chi connectivity index (χ3v) is 5.14. The fourth-order valence-corrected chi connectivity index (χ4v) is 4.04. The molecule has 0 unspecified atom stereocenters. The standard InChI is InChI=1S/C19H18N2O3/c20-10-13-15(11-6-2-1-3-7-11)16-17(24-18(13)21)12-8-4-5-9-14(12)23-19(16)22/h4-5,8-9,11,15H,1-3,6-7,21H2/t15-/m1/s1. The second kappa shape index (κ2) is 5.72. The number of hydrogen-bond acceptors (Lipinski definition) is 5. The average Bonchev–Trinajstić information content (AvgIpc) is 2.61. The minimum absolute atomic E-state index is 0.108. The lowest BCUT2D eigenvalue weighted by Crippen LogP contribution is -2.30. The number of allylic oxidation sites excluding steroid dienone is 1. The van der Waals surface area contributed by atoms with Gasteiger partial charge in [-0.1, -0.05) is 31.4 Å². The molecule has 0 amide bonds. The summed E-state index contributed by atoms with van der Waals surface area (Å²) in [5.74, 6) is 0.448. The molecule has 5 nitrogen and oxygen atoms in total. The molecule has 0 radical (unpaired) electrons. The largest absolute Gasteiger partial charge is 0.439 e. The summed E-state index contributed by atoms with van der Waals surface area (Å²) in [7, 11) is 0. The number of fused-ring (bicyclic) bond motifs is 3. The molecule has 0 spiro atoms. The molecule has 1 aromatic carbocycles. The maximum absolute atomic E-state index is 12.7. The molecule has 5 heteroatoms. The zero-order valence-corrected chi connectivity index (χ0v) is 13.2. The third kappa shape index (κ3) is 2.18. The molecule has 1 fully saturated rings. The molecular weight excluding hydrogens is 304 g/mol. The van der Waals surface area contributed by atoms with Crippen molar-refractivity contribution in [3.05, 3.63) is 51.7 Å². The van der Waals surface area contributed by atoms with E-state index in [-0.39, 0.29) is 17.7 Å². The van der Waals surface area contributed by atoms with Gasteiger partial charge in [0.25, 0.3) is 0 Å². The highest BCUT2D eigenvalue weighted by atomic mass is 16.5. The van der Waals surface area contributed by atoms with Gasteiger partial charge in [-0.05, 0) is 30.9 Å². The van der Waals surface area contributed by atoms with E-state index in [1.807, 2.05) is 12.1 Å². The van der Waals surface area contributed by atoms with Gasteiger partial charge in [-0.25, -0.2) is 4.79 Å². The van der Waals surface area contributed by atoms with Crippen LogP contribution in [0.4, 0.5) is 0 Å². The Balaban J connectivity index is 1.98. The number of nitrogens with two attached hydrogens (primary N) is 1. The first-order valence-corrected chi connectivity index (χ1v) is 8.34. The number of nitrogens with zero attached hydrogens (tertiary/aromatic N) is 1. The van der Waals surface area contributed by atoms with E-state index in [4.69, 9.17) is 14.9 Å². The lowest BCUT2D eigenvalue weighted by atomic mass is 9.73. The van der Waals surface area contributed by atoms with Crippen molar-refractivity contribution in [2.45, 2.75) is 38.0 Å². The Morgan fingerprint density at radius 3 is 2.67 bits per heavy atom. The molecule has 2 N–H and O–H groups in total. The van der Waals surface area contributed by atoms with Crippen LogP contribution in [0.3, 0.4) is 0 Å². The number of para-hydroxylation sites is 1. The number of ether oxygens (including phenoxy) is 1. The van der Waals surface area contributed by atoms with Crippen LogP contribution < -0.4 is 16.1 Å². The molecule has 4 rings (SSSR count). The highest BCUT2D eigenvalue weighted by Gasteiger charge is 2.39. The highest BCUT2D eigenvalue weighted by Crippen LogP contribution is 2.47. The van der Waals surface area contributed by atoms with Gasteiger partial charge in [0.05, 0.1) is 16.5 Å². The van der Waals surface area contributed by atoms with Crippen molar-refractivity contribution < 1.29 is 9.15 Å². The molecule has 2 aliphatic rings. The van der Waals surface area contributed by atoms with Crippen LogP contribution >= 0.6 is 0 Å². The van der Waals surface area contributed by atoms with E-state index in [0.29, 0.717) is 27.9 Å². The molecule has 0 saturated heterocycles. The van der Waals surface area contributed by atoms with Crippen molar-refractivity contribution in [1.29, 1.82) is 5.26 Å². The third-order valence-electron chi connectivity index (χ3n) is 5.14. The van der Waals surface area contributed by atoms with E-state index in [0.717, 1.165) is 25.7 Å². The molecule has 1 aliphatic carbocycles. The SMILES string of the molecule is N#CC1=C(N)Oc2c(c(=O)oc3ccccc23)[C@@H]1C1CCCCC1. The second-order valence-corrected chi connectivity index (χ2v) is 6.50. The van der Waals surface area contributed by atoms with Crippen molar-refractivity contribution in [3.63, 3.8) is 0 Å². The summed E-state index contributed by atoms with van der Waals surface area (Å²) in [6.07, 6.45) is 5.37. The Morgan fingerprint density at radius 1 is 1.17 bits per heavy atom. The zero-order chi connectivity index (χ0) is 16.7. The van der Waals surface area contributed by atoms with E-state index < -0.39 is 5.63 Å². The van der Waals surface area contributed by atoms with Crippen LogP contribution in [0, 0.1) is 17.2 Å². The number of rotatable bonds is 1. The summed E-state index contributed by atoms with van der Waals surface area (Å²) in [5.41, 5.74) is 6.89. The van der Waals surface area contributed by atoms with E-state index in [1.54, 1.807) is 12.1 Å². The van der Waals surface area contributed by atoms with Crippen molar-refractivity contribution in [1.82, 2.24) is 0 Å². The first-order valence-electron chi connectivity index (χ1n) is 8.34. The van der Waals surface area contributed by atoms with E-state index in [9.17, 15) is 10.1 Å². The molecule has 24 heavy (non-hydrogen) atoms. The minimum Gasteiger partial charge on any atom is -0.439 e. The van der Waals surface area contributed by atoms with Gasteiger partial charge < -0.3 is 14.9 Å². The van der Waals surface area contributed by atoms with Crippen LogP contribution in [0.1, 0.15) is 43.6 Å². The minimum atomic E-state index is -0.431. The predicted octanol–water partition coefficient (Wildman–Crippen LogP) is 3.54. The summed E-state index contributed by atoms with van der Waals surface area (Å²) in [5, 5.41) is 10.3. The van der Waals surface area contributed by atoms with E-state index >= 15 is 0 Å². The molecule has 2 aromatic rings. The summed E-state index contributed by atoms with van der Waals surface area (Å²) < 4.78 is 11.2. The Morgan fingerprint density at radius 2 is 1.92 bits per heavy atom. The summed E-state index contributed by atoms with van der Waals surface area (Å²) >= 11 is 0. The van der Waals surface area contributed by atoms with Crippen molar-refractivity contribution in [2.75, 3.05) is 0 Å². The van der Waals surface area contributed by atoms with Crippen LogP contribution in [0.5, 0.6) is 5.75 Å². The predicted molar refractivity (Wildman–Crippen MR) is 89.3 cm³/mol. The van der Waals surface area contributed by atoms with Gasteiger partial charge in [0.15, 0.2) is 5.75 Å². The number of nitriles is 1. The molecule has 1 aromatic heterocycles. The molecule has 1 atom stereocenters. The van der Waals surface area contributed by atoms with Crippen LogP contribution in [0.25, 0.3) is 11.0 Å². The Kier molecular flexibility index (Phi) is 3.53. The monoisotopic (exact) mass is 322 g/mol. The molecule has 1 aliphatic heterocycles. The van der Waals surface area contributed by atoms with Crippen molar-refractivity contribution in [2.24, 2.45) is 11.7 Å². The quantitative estimate of drug-likeness (QED) is 0.811.